The Labute approximate surface area is 185 Å². The van der Waals surface area contributed by atoms with Crippen molar-refractivity contribution in [1.29, 1.82) is 0 Å². The quantitative estimate of drug-likeness (QED) is 0.713. The van der Waals surface area contributed by atoms with Gasteiger partial charge in [-0.3, -0.25) is 9.78 Å². The number of carbonyl (C=O) groups is 1. The molecule has 0 N–H and O–H groups in total. The molecule has 0 bridgehead atoms. The van der Waals surface area contributed by atoms with Crippen LogP contribution in [0.2, 0.25) is 0 Å². The number of aromatic nitrogens is 3. The number of pyridine rings is 1. The van der Waals surface area contributed by atoms with Gasteiger partial charge in [-0.15, -0.1) is 0 Å². The molecule has 4 heterocycles. The van der Waals surface area contributed by atoms with E-state index in [1.807, 2.05) is 42.2 Å². The zero-order chi connectivity index (χ0) is 21.8. The summed E-state index contributed by atoms with van der Waals surface area (Å²) in [6.07, 6.45) is 7.99. The van der Waals surface area contributed by atoms with Crippen molar-refractivity contribution >= 4 is 11.7 Å². The molecule has 166 valence electrons. The Morgan fingerprint density at radius 1 is 1.16 bits per heavy atom. The van der Waals surface area contributed by atoms with Gasteiger partial charge in [-0.1, -0.05) is 6.07 Å². The van der Waals surface area contributed by atoms with Crippen LogP contribution < -0.4 is 4.90 Å². The Balaban J connectivity index is 1.59. The summed E-state index contributed by atoms with van der Waals surface area (Å²) in [4.78, 5) is 33.7. The third-order valence-electron chi connectivity index (χ3n) is 6.30. The second-order valence-electron chi connectivity index (χ2n) is 8.97. The summed E-state index contributed by atoms with van der Waals surface area (Å²) in [5.74, 6) is 2.05. The van der Waals surface area contributed by atoms with Crippen molar-refractivity contribution in [2.45, 2.75) is 51.5 Å². The fourth-order valence-corrected chi connectivity index (χ4v) is 4.73. The van der Waals surface area contributed by atoms with E-state index < -0.39 is 0 Å². The Hall–Kier alpha value is -2.54. The summed E-state index contributed by atoms with van der Waals surface area (Å²) in [6.45, 7) is 5.22. The first-order chi connectivity index (χ1) is 15.0. The maximum absolute atomic E-state index is 12.9. The number of rotatable bonds is 6. The lowest BCUT2D eigenvalue weighted by molar-refractivity contribution is -0.135. The van der Waals surface area contributed by atoms with Crippen molar-refractivity contribution in [3.8, 4) is 0 Å². The number of carbonyl (C=O) groups excluding carboxylic acids is 1. The van der Waals surface area contributed by atoms with Crippen molar-refractivity contribution < 1.29 is 4.79 Å². The van der Waals surface area contributed by atoms with Crippen molar-refractivity contribution in [3.05, 3.63) is 47.2 Å². The molecular formula is C24H34N6O. The highest BCUT2D eigenvalue weighted by Crippen LogP contribution is 2.33. The molecule has 0 aliphatic carbocycles. The molecule has 0 aromatic carbocycles. The molecule has 1 saturated heterocycles. The van der Waals surface area contributed by atoms with Crippen LogP contribution >= 0.6 is 0 Å². The Morgan fingerprint density at radius 3 is 2.81 bits per heavy atom. The molecule has 0 unspecified atom stereocenters. The van der Waals surface area contributed by atoms with E-state index in [1.54, 1.807) is 0 Å². The summed E-state index contributed by atoms with van der Waals surface area (Å²) < 4.78 is 0. The average molecular weight is 423 g/mol. The van der Waals surface area contributed by atoms with E-state index in [1.165, 1.54) is 5.56 Å². The van der Waals surface area contributed by atoms with Gasteiger partial charge in [-0.05, 0) is 65.3 Å². The maximum Gasteiger partial charge on any atom is 0.237 e. The fraction of sp³-hybridized carbons (Fsp3) is 0.583. The number of hydrogen-bond acceptors (Lipinski definition) is 6. The average Bonchev–Trinajstić information content (AvgIpc) is 2.78. The van der Waals surface area contributed by atoms with Gasteiger partial charge in [0.15, 0.2) is 5.82 Å². The van der Waals surface area contributed by atoms with E-state index in [4.69, 9.17) is 9.97 Å². The van der Waals surface area contributed by atoms with Crippen LogP contribution in [0.4, 0.5) is 5.82 Å². The zero-order valence-electron chi connectivity index (χ0n) is 19.0. The molecule has 0 saturated carbocycles. The van der Waals surface area contributed by atoms with Crippen LogP contribution in [-0.4, -0.2) is 70.9 Å². The standard InChI is InChI=1S/C24H34N6O/c1-18-20-10-8-14-29(16-12-19-9-4-6-13-25-19)24(20)27-23(26-18)21-11-5-7-15-30(21)22(31)17-28(2)3/h4,6,9,13,21H,5,7-8,10-12,14-17H2,1-3H3/t21-/m0/s1. The number of likely N-dealkylation sites (tertiary alicyclic amines) is 1. The van der Waals surface area contributed by atoms with Gasteiger partial charge in [0.2, 0.25) is 5.91 Å². The largest absolute Gasteiger partial charge is 0.356 e. The third-order valence-corrected chi connectivity index (χ3v) is 6.30. The Morgan fingerprint density at radius 2 is 2.03 bits per heavy atom. The summed E-state index contributed by atoms with van der Waals surface area (Å²) in [5, 5.41) is 0. The number of fused-ring (bicyclic) bond motifs is 1. The van der Waals surface area contributed by atoms with Crippen LogP contribution in [0.3, 0.4) is 0 Å². The maximum atomic E-state index is 12.9. The molecular weight excluding hydrogens is 388 g/mol. The molecule has 1 atom stereocenters. The number of nitrogens with zero attached hydrogens (tertiary/aromatic N) is 6. The highest BCUT2D eigenvalue weighted by molar-refractivity contribution is 5.78. The lowest BCUT2D eigenvalue weighted by Gasteiger charge is -2.37. The number of aryl methyl sites for hydroxylation is 1. The Bertz CT molecular complexity index is 900. The SMILES string of the molecule is Cc1nc([C@@H]2CCCCN2C(=O)CN(C)C)nc2c1CCCN2CCc1ccccn1. The first kappa shape index (κ1) is 21.7. The van der Waals surface area contributed by atoms with Crippen molar-refractivity contribution in [1.82, 2.24) is 24.8 Å². The van der Waals surface area contributed by atoms with Crippen LogP contribution in [-0.2, 0) is 17.6 Å². The third kappa shape index (κ3) is 5.03. The van der Waals surface area contributed by atoms with Gasteiger partial charge in [-0.2, -0.15) is 0 Å². The van der Waals surface area contributed by atoms with Gasteiger partial charge in [0.05, 0.1) is 12.6 Å². The number of anilines is 1. The van der Waals surface area contributed by atoms with E-state index in [-0.39, 0.29) is 11.9 Å². The van der Waals surface area contributed by atoms with Crippen LogP contribution in [0.5, 0.6) is 0 Å². The van der Waals surface area contributed by atoms with Crippen LogP contribution in [0, 0.1) is 6.92 Å². The van der Waals surface area contributed by atoms with E-state index in [9.17, 15) is 4.79 Å². The monoisotopic (exact) mass is 422 g/mol. The number of hydrogen-bond donors (Lipinski definition) is 0. The minimum absolute atomic E-state index is 0.0234. The summed E-state index contributed by atoms with van der Waals surface area (Å²) >= 11 is 0. The van der Waals surface area contributed by atoms with Gasteiger partial charge < -0.3 is 14.7 Å². The topological polar surface area (TPSA) is 65.5 Å². The number of amides is 1. The van der Waals surface area contributed by atoms with Crippen LogP contribution in [0.1, 0.15) is 54.5 Å². The lowest BCUT2D eigenvalue weighted by Crippen LogP contribution is -2.43. The van der Waals surface area contributed by atoms with Gasteiger partial charge in [0, 0.05) is 49.2 Å². The molecule has 4 rings (SSSR count). The van der Waals surface area contributed by atoms with E-state index in [0.29, 0.717) is 6.54 Å². The summed E-state index contributed by atoms with van der Waals surface area (Å²) in [7, 11) is 3.88. The summed E-state index contributed by atoms with van der Waals surface area (Å²) in [6, 6.07) is 6.05. The van der Waals surface area contributed by atoms with E-state index in [2.05, 4.69) is 22.9 Å². The smallest absolute Gasteiger partial charge is 0.237 e. The molecule has 0 spiro atoms. The molecule has 2 aliphatic rings. The van der Waals surface area contributed by atoms with E-state index >= 15 is 0 Å². The Kier molecular flexibility index (Phi) is 6.80. The first-order valence-electron chi connectivity index (χ1n) is 11.5. The van der Waals surface area contributed by atoms with Crippen LogP contribution in [0.25, 0.3) is 0 Å². The highest BCUT2D eigenvalue weighted by atomic mass is 16.2. The normalized spacial score (nSPS) is 18.9. The molecule has 31 heavy (non-hydrogen) atoms. The van der Waals surface area contributed by atoms with Gasteiger partial charge in [-0.25, -0.2) is 9.97 Å². The molecule has 7 heteroatoms. The lowest BCUT2D eigenvalue weighted by atomic mass is 9.99. The molecule has 1 amide bonds. The first-order valence-corrected chi connectivity index (χ1v) is 11.5. The summed E-state index contributed by atoms with van der Waals surface area (Å²) in [5.41, 5.74) is 3.43. The van der Waals surface area contributed by atoms with Crippen molar-refractivity contribution in [3.63, 3.8) is 0 Å². The molecule has 2 aromatic rings. The predicted octanol–water partition coefficient (Wildman–Crippen LogP) is 2.79. The minimum atomic E-state index is -0.0234. The van der Waals surface area contributed by atoms with Crippen molar-refractivity contribution in [2.75, 3.05) is 45.2 Å². The van der Waals surface area contributed by atoms with Gasteiger partial charge >= 0.3 is 0 Å². The van der Waals surface area contributed by atoms with E-state index in [0.717, 1.165) is 81.2 Å². The molecule has 2 aromatic heterocycles. The van der Waals surface area contributed by atoms with Gasteiger partial charge in [0.25, 0.3) is 0 Å². The zero-order valence-corrected chi connectivity index (χ0v) is 19.0. The predicted molar refractivity (Wildman–Crippen MR) is 122 cm³/mol. The minimum Gasteiger partial charge on any atom is -0.356 e. The van der Waals surface area contributed by atoms with Gasteiger partial charge in [0.1, 0.15) is 5.82 Å². The number of piperidine rings is 1. The second-order valence-corrected chi connectivity index (χ2v) is 8.97. The molecule has 1 fully saturated rings. The van der Waals surface area contributed by atoms with Crippen molar-refractivity contribution in [2.24, 2.45) is 0 Å². The molecule has 2 aliphatic heterocycles. The second kappa shape index (κ2) is 9.73. The molecule has 0 radical (unpaired) electrons. The molecule has 7 nitrogen and oxygen atoms in total. The fourth-order valence-electron chi connectivity index (χ4n) is 4.73. The highest BCUT2D eigenvalue weighted by Gasteiger charge is 2.32. The number of likely N-dealkylation sites (N-methyl/N-ethyl adjacent to an activating group) is 1. The van der Waals surface area contributed by atoms with Crippen LogP contribution in [0.15, 0.2) is 24.4 Å².